The minimum absolute atomic E-state index is 0.425. The van der Waals surface area contributed by atoms with Gasteiger partial charge in [-0.25, -0.2) is 0 Å². The molecule has 7 rings (SSSR count). The van der Waals surface area contributed by atoms with Crippen LogP contribution in [-0.4, -0.2) is 0 Å². The topological polar surface area (TPSA) is 13.1 Å². The van der Waals surface area contributed by atoms with E-state index in [1.54, 1.807) is 0 Å². The first-order valence-corrected chi connectivity index (χ1v) is 11.5. The molecular weight excluding hydrogens is 424 g/mol. The summed E-state index contributed by atoms with van der Waals surface area (Å²) in [7, 11) is 0. The Morgan fingerprint density at radius 3 is 1.94 bits per heavy atom. The predicted octanol–water partition coefficient (Wildman–Crippen LogP) is 8.60. The second kappa shape index (κ2) is 6.84. The normalized spacial score (nSPS) is 13.8. The van der Waals surface area contributed by atoms with Crippen molar-refractivity contribution >= 4 is 33.5 Å². The van der Waals surface area contributed by atoms with Gasteiger partial charge in [0.1, 0.15) is 11.2 Å². The SMILES string of the molecule is Clc1cccc2oc3cc4c(cc3c12)-c1ccccc1C4(c1ccccc1)c1ccccc1. The van der Waals surface area contributed by atoms with E-state index in [4.69, 9.17) is 16.0 Å². The van der Waals surface area contributed by atoms with Crippen LogP contribution in [0.2, 0.25) is 5.02 Å². The summed E-state index contributed by atoms with van der Waals surface area (Å²) in [6, 6.07) is 40.7. The van der Waals surface area contributed by atoms with E-state index in [-0.39, 0.29) is 0 Å². The highest BCUT2D eigenvalue weighted by Gasteiger charge is 2.46. The van der Waals surface area contributed by atoms with E-state index in [0.717, 1.165) is 27.0 Å². The van der Waals surface area contributed by atoms with Crippen molar-refractivity contribution in [3.05, 3.63) is 143 Å². The van der Waals surface area contributed by atoms with Crippen molar-refractivity contribution in [1.82, 2.24) is 0 Å². The molecule has 0 fully saturated rings. The fourth-order valence-electron chi connectivity index (χ4n) is 5.72. The summed E-state index contributed by atoms with van der Waals surface area (Å²) in [5.41, 5.74) is 8.76. The summed E-state index contributed by atoms with van der Waals surface area (Å²) >= 11 is 6.62. The Morgan fingerprint density at radius 2 is 1.21 bits per heavy atom. The van der Waals surface area contributed by atoms with Crippen LogP contribution in [0.5, 0.6) is 0 Å². The van der Waals surface area contributed by atoms with E-state index >= 15 is 0 Å². The van der Waals surface area contributed by atoms with Gasteiger partial charge in [-0.2, -0.15) is 0 Å². The van der Waals surface area contributed by atoms with Crippen molar-refractivity contribution in [1.29, 1.82) is 0 Å². The van der Waals surface area contributed by atoms with Gasteiger partial charge in [0, 0.05) is 10.8 Å². The Balaban J connectivity index is 1.69. The third-order valence-corrected chi connectivity index (χ3v) is 7.34. The van der Waals surface area contributed by atoms with Gasteiger partial charge in [-0.05, 0) is 57.6 Å². The van der Waals surface area contributed by atoms with E-state index < -0.39 is 5.41 Å². The van der Waals surface area contributed by atoms with Gasteiger partial charge in [0.05, 0.1) is 10.4 Å². The minimum atomic E-state index is -0.425. The van der Waals surface area contributed by atoms with Crippen LogP contribution in [0.4, 0.5) is 0 Å². The van der Waals surface area contributed by atoms with Crippen molar-refractivity contribution in [3.63, 3.8) is 0 Å². The van der Waals surface area contributed by atoms with Crippen LogP contribution in [0.3, 0.4) is 0 Å². The Bertz CT molecular complexity index is 1620. The zero-order valence-corrected chi connectivity index (χ0v) is 18.5. The molecule has 1 aliphatic rings. The Hall–Kier alpha value is -3.81. The number of benzene rings is 5. The fraction of sp³-hybridized carbons (Fsp3) is 0.0323. The Kier molecular flexibility index (Phi) is 3.88. The van der Waals surface area contributed by atoms with E-state index in [1.165, 1.54) is 33.4 Å². The van der Waals surface area contributed by atoms with Gasteiger partial charge in [0.15, 0.2) is 0 Å². The summed E-state index contributed by atoms with van der Waals surface area (Å²) in [4.78, 5) is 0. The first kappa shape index (κ1) is 18.7. The highest BCUT2D eigenvalue weighted by Crippen LogP contribution is 2.57. The third-order valence-electron chi connectivity index (χ3n) is 7.02. The summed E-state index contributed by atoms with van der Waals surface area (Å²) < 4.78 is 6.34. The summed E-state index contributed by atoms with van der Waals surface area (Å²) in [5, 5.41) is 2.75. The van der Waals surface area contributed by atoms with E-state index in [2.05, 4.69) is 97.1 Å². The molecule has 0 aliphatic heterocycles. The largest absolute Gasteiger partial charge is 0.456 e. The molecule has 0 saturated carbocycles. The minimum Gasteiger partial charge on any atom is -0.456 e. The molecule has 5 aromatic carbocycles. The quantitative estimate of drug-likeness (QED) is 0.261. The Morgan fingerprint density at radius 1 is 0.545 bits per heavy atom. The predicted molar refractivity (Wildman–Crippen MR) is 136 cm³/mol. The van der Waals surface area contributed by atoms with Gasteiger partial charge in [-0.1, -0.05) is 103 Å². The molecule has 0 atom stereocenters. The fourth-order valence-corrected chi connectivity index (χ4v) is 5.98. The van der Waals surface area contributed by atoms with E-state index in [0.29, 0.717) is 0 Å². The maximum Gasteiger partial charge on any atom is 0.136 e. The van der Waals surface area contributed by atoms with Crippen molar-refractivity contribution in [2.45, 2.75) is 5.41 Å². The molecular formula is C31H19ClO. The van der Waals surface area contributed by atoms with Crippen LogP contribution < -0.4 is 0 Å². The van der Waals surface area contributed by atoms with Crippen molar-refractivity contribution < 1.29 is 4.42 Å². The van der Waals surface area contributed by atoms with Gasteiger partial charge in [0.2, 0.25) is 0 Å². The molecule has 33 heavy (non-hydrogen) atoms. The van der Waals surface area contributed by atoms with Crippen LogP contribution in [0, 0.1) is 0 Å². The molecule has 6 aromatic rings. The highest BCUT2D eigenvalue weighted by atomic mass is 35.5. The Labute approximate surface area is 196 Å². The number of fused-ring (bicyclic) bond motifs is 6. The van der Waals surface area contributed by atoms with Crippen LogP contribution >= 0.6 is 11.6 Å². The van der Waals surface area contributed by atoms with Gasteiger partial charge in [0.25, 0.3) is 0 Å². The van der Waals surface area contributed by atoms with E-state index in [1.807, 2.05) is 18.2 Å². The monoisotopic (exact) mass is 442 g/mol. The third kappa shape index (κ3) is 2.43. The summed E-state index contributed by atoms with van der Waals surface area (Å²) in [6.07, 6.45) is 0. The molecule has 0 radical (unpaired) electrons. The molecule has 2 heteroatoms. The molecule has 0 amide bonds. The lowest BCUT2D eigenvalue weighted by Crippen LogP contribution is -2.28. The number of hydrogen-bond donors (Lipinski definition) is 0. The second-order valence-corrected chi connectivity index (χ2v) is 9.04. The molecule has 1 nitrogen and oxygen atoms in total. The number of rotatable bonds is 2. The van der Waals surface area contributed by atoms with Crippen molar-refractivity contribution in [2.24, 2.45) is 0 Å². The molecule has 0 bridgehead atoms. The maximum absolute atomic E-state index is 6.62. The lowest BCUT2D eigenvalue weighted by atomic mass is 9.67. The molecule has 1 aromatic heterocycles. The highest BCUT2D eigenvalue weighted by molar-refractivity contribution is 6.37. The first-order valence-electron chi connectivity index (χ1n) is 11.1. The van der Waals surface area contributed by atoms with Gasteiger partial charge >= 0.3 is 0 Å². The zero-order chi connectivity index (χ0) is 22.0. The van der Waals surface area contributed by atoms with Gasteiger partial charge in [-0.15, -0.1) is 0 Å². The number of halogens is 1. The molecule has 0 unspecified atom stereocenters. The van der Waals surface area contributed by atoms with Crippen molar-refractivity contribution in [2.75, 3.05) is 0 Å². The van der Waals surface area contributed by atoms with Crippen LogP contribution in [-0.2, 0) is 5.41 Å². The first-order chi connectivity index (χ1) is 16.3. The van der Waals surface area contributed by atoms with Crippen LogP contribution in [0.15, 0.2) is 120 Å². The summed E-state index contributed by atoms with van der Waals surface area (Å²) in [5.74, 6) is 0. The molecule has 0 spiro atoms. The van der Waals surface area contributed by atoms with Gasteiger partial charge in [-0.3, -0.25) is 0 Å². The zero-order valence-electron chi connectivity index (χ0n) is 17.8. The van der Waals surface area contributed by atoms with E-state index in [9.17, 15) is 0 Å². The standard InChI is InChI=1S/C31H19ClO/c32-27-16-9-17-28-30(27)24-18-23-22-14-7-8-15-25(22)31(20-10-3-1-4-11-20,21-12-5-2-6-13-21)26(23)19-29(24)33-28/h1-19H. The lowest BCUT2D eigenvalue weighted by molar-refractivity contribution is 0.666. The van der Waals surface area contributed by atoms with Gasteiger partial charge < -0.3 is 4.42 Å². The lowest BCUT2D eigenvalue weighted by Gasteiger charge is -2.33. The van der Waals surface area contributed by atoms with Crippen LogP contribution in [0.1, 0.15) is 22.3 Å². The smallest absolute Gasteiger partial charge is 0.136 e. The molecule has 0 N–H and O–H groups in total. The second-order valence-electron chi connectivity index (χ2n) is 8.64. The number of furan rings is 1. The average molecular weight is 443 g/mol. The maximum atomic E-state index is 6.62. The molecule has 156 valence electrons. The van der Waals surface area contributed by atoms with Crippen molar-refractivity contribution in [3.8, 4) is 11.1 Å². The average Bonchev–Trinajstić information content (AvgIpc) is 3.38. The number of hydrogen-bond acceptors (Lipinski definition) is 1. The summed E-state index contributed by atoms with van der Waals surface area (Å²) in [6.45, 7) is 0. The molecule has 1 heterocycles. The molecule has 1 aliphatic carbocycles. The molecule has 0 saturated heterocycles. The van der Waals surface area contributed by atoms with Crippen LogP contribution in [0.25, 0.3) is 33.1 Å².